The molecule has 1 amide bonds. The van der Waals surface area contributed by atoms with Gasteiger partial charge in [0.2, 0.25) is 0 Å². The van der Waals surface area contributed by atoms with Crippen molar-refractivity contribution in [2.24, 2.45) is 5.92 Å². The summed E-state index contributed by atoms with van der Waals surface area (Å²) in [6.45, 7) is 8.02. The van der Waals surface area contributed by atoms with E-state index in [4.69, 9.17) is 0 Å². The molecule has 2 aliphatic heterocycles. The van der Waals surface area contributed by atoms with Gasteiger partial charge in [-0.1, -0.05) is 12.1 Å². The maximum Gasteiger partial charge on any atom is 0.273 e. The highest BCUT2D eigenvalue weighted by atomic mass is 16.2. The summed E-state index contributed by atoms with van der Waals surface area (Å²) in [6, 6.07) is 0.344. The Kier molecular flexibility index (Phi) is 3.98. The van der Waals surface area contributed by atoms with Crippen LogP contribution in [0.1, 0.15) is 29.9 Å². The van der Waals surface area contributed by atoms with Crippen molar-refractivity contribution in [1.82, 2.24) is 30.5 Å². The third-order valence-corrected chi connectivity index (χ3v) is 4.25. The van der Waals surface area contributed by atoms with Crippen LogP contribution in [0.15, 0.2) is 6.20 Å². The largest absolute Gasteiger partial charge is 0.350 e. The van der Waals surface area contributed by atoms with E-state index in [1.165, 1.54) is 0 Å². The summed E-state index contributed by atoms with van der Waals surface area (Å²) in [7, 11) is 0. The Bertz CT molecular complexity index is 469. The highest BCUT2D eigenvalue weighted by Gasteiger charge is 2.24. The van der Waals surface area contributed by atoms with E-state index in [0.29, 0.717) is 17.7 Å². The number of aromatic nitrogens is 3. The van der Waals surface area contributed by atoms with E-state index < -0.39 is 0 Å². The molecule has 3 heterocycles. The second-order valence-corrected chi connectivity index (χ2v) is 5.65. The third-order valence-electron chi connectivity index (χ3n) is 4.25. The molecule has 1 unspecified atom stereocenters. The number of carbonyl (C=O) groups excluding carboxylic acids is 1. The normalized spacial score (nSPS) is 23.8. The molecule has 0 saturated carbocycles. The van der Waals surface area contributed by atoms with Crippen molar-refractivity contribution in [2.45, 2.75) is 19.4 Å². The molecule has 3 rings (SSSR count). The van der Waals surface area contributed by atoms with Gasteiger partial charge >= 0.3 is 0 Å². The van der Waals surface area contributed by atoms with Gasteiger partial charge in [-0.15, -0.1) is 5.10 Å². The smallest absolute Gasteiger partial charge is 0.273 e. The summed E-state index contributed by atoms with van der Waals surface area (Å²) in [5, 5.41) is 14.1. The molecule has 7 nitrogen and oxygen atoms in total. The van der Waals surface area contributed by atoms with Crippen LogP contribution in [0.5, 0.6) is 0 Å². The van der Waals surface area contributed by atoms with Crippen LogP contribution in [0.3, 0.4) is 0 Å². The molecule has 2 fully saturated rings. The van der Waals surface area contributed by atoms with Gasteiger partial charge in [-0.2, -0.15) is 0 Å². The van der Waals surface area contributed by atoms with Crippen LogP contribution in [0, 0.1) is 5.92 Å². The lowest BCUT2D eigenvalue weighted by atomic mass is 10.1. The van der Waals surface area contributed by atoms with E-state index in [2.05, 4.69) is 32.8 Å². The predicted molar refractivity (Wildman–Crippen MR) is 74.5 cm³/mol. The minimum atomic E-state index is -0.113. The summed E-state index contributed by atoms with van der Waals surface area (Å²) >= 11 is 0. The second-order valence-electron chi connectivity index (χ2n) is 5.65. The van der Waals surface area contributed by atoms with Gasteiger partial charge in [0.15, 0.2) is 5.69 Å². The van der Waals surface area contributed by atoms with Gasteiger partial charge in [-0.05, 0) is 25.4 Å². The Morgan fingerprint density at radius 1 is 1.55 bits per heavy atom. The van der Waals surface area contributed by atoms with E-state index in [1.807, 2.05) is 0 Å². The fraction of sp³-hybridized carbons (Fsp3) is 0.769. The minimum absolute atomic E-state index is 0.113. The molecule has 20 heavy (non-hydrogen) atoms. The van der Waals surface area contributed by atoms with Crippen molar-refractivity contribution in [2.75, 3.05) is 39.3 Å². The molecular formula is C13H22N6O. The van der Waals surface area contributed by atoms with Crippen LogP contribution >= 0.6 is 0 Å². The fourth-order valence-corrected chi connectivity index (χ4v) is 2.71. The van der Waals surface area contributed by atoms with Gasteiger partial charge in [-0.25, -0.2) is 4.68 Å². The van der Waals surface area contributed by atoms with Crippen molar-refractivity contribution in [3.05, 3.63) is 11.9 Å². The average molecular weight is 278 g/mol. The lowest BCUT2D eigenvalue weighted by molar-refractivity contribution is 0.0942. The zero-order valence-electron chi connectivity index (χ0n) is 11.9. The molecule has 0 spiro atoms. The van der Waals surface area contributed by atoms with Crippen molar-refractivity contribution >= 4 is 5.91 Å². The Labute approximate surface area is 118 Å². The molecule has 2 saturated heterocycles. The maximum atomic E-state index is 12.0. The predicted octanol–water partition coefficient (Wildman–Crippen LogP) is -0.506. The zero-order valence-corrected chi connectivity index (χ0v) is 11.9. The highest BCUT2D eigenvalue weighted by molar-refractivity contribution is 5.91. The van der Waals surface area contributed by atoms with Crippen LogP contribution in [-0.4, -0.2) is 65.1 Å². The van der Waals surface area contributed by atoms with E-state index in [-0.39, 0.29) is 5.91 Å². The third kappa shape index (κ3) is 2.83. The van der Waals surface area contributed by atoms with Crippen LogP contribution in [-0.2, 0) is 0 Å². The highest BCUT2D eigenvalue weighted by Crippen LogP contribution is 2.15. The lowest BCUT2D eigenvalue weighted by Crippen LogP contribution is -2.43. The lowest BCUT2D eigenvalue weighted by Gasteiger charge is -2.26. The maximum absolute atomic E-state index is 12.0. The van der Waals surface area contributed by atoms with E-state index in [9.17, 15) is 4.79 Å². The molecule has 0 radical (unpaired) electrons. The first kappa shape index (κ1) is 13.5. The van der Waals surface area contributed by atoms with Crippen LogP contribution < -0.4 is 10.6 Å². The van der Waals surface area contributed by atoms with Crippen LogP contribution in [0.4, 0.5) is 0 Å². The van der Waals surface area contributed by atoms with Crippen LogP contribution in [0.2, 0.25) is 0 Å². The molecule has 1 aromatic rings. The molecule has 110 valence electrons. The van der Waals surface area contributed by atoms with Gasteiger partial charge in [-0.3, -0.25) is 4.79 Å². The molecule has 0 aromatic carbocycles. The Morgan fingerprint density at radius 2 is 2.40 bits per heavy atom. The molecule has 2 N–H and O–H groups in total. The molecule has 7 heteroatoms. The first-order valence-corrected chi connectivity index (χ1v) is 7.39. The average Bonchev–Trinajstić information content (AvgIpc) is 3.02. The number of nitrogens with zero attached hydrogens (tertiary/aromatic N) is 4. The number of hydrogen-bond donors (Lipinski definition) is 2. The van der Waals surface area contributed by atoms with E-state index >= 15 is 0 Å². The summed E-state index contributed by atoms with van der Waals surface area (Å²) in [5.74, 6) is 0.447. The summed E-state index contributed by atoms with van der Waals surface area (Å²) in [4.78, 5) is 14.5. The quantitative estimate of drug-likeness (QED) is 0.759. The number of carbonyl (C=O) groups is 1. The molecule has 1 atom stereocenters. The molecule has 0 bridgehead atoms. The van der Waals surface area contributed by atoms with Gasteiger partial charge in [0, 0.05) is 26.2 Å². The van der Waals surface area contributed by atoms with Crippen LogP contribution in [0.25, 0.3) is 0 Å². The molecule has 1 aromatic heterocycles. The Hall–Kier alpha value is -1.47. The summed E-state index contributed by atoms with van der Waals surface area (Å²) < 4.78 is 1.78. The summed E-state index contributed by atoms with van der Waals surface area (Å²) in [5.41, 5.74) is 0.419. The number of nitrogens with one attached hydrogen (secondary N) is 2. The van der Waals surface area contributed by atoms with Gasteiger partial charge in [0.05, 0.1) is 12.2 Å². The SMILES string of the molecule is CCN1CCC(CNC(=O)c2cn(C3CNC3)nn2)C1. The first-order chi connectivity index (χ1) is 9.76. The molecular weight excluding hydrogens is 256 g/mol. The fourth-order valence-electron chi connectivity index (χ4n) is 2.71. The van der Waals surface area contributed by atoms with E-state index in [1.54, 1.807) is 10.9 Å². The first-order valence-electron chi connectivity index (χ1n) is 7.39. The van der Waals surface area contributed by atoms with Crippen molar-refractivity contribution in [1.29, 1.82) is 0 Å². The standard InChI is InChI=1S/C13H22N6O/c1-2-18-4-3-10(8-18)5-15-13(20)12-9-19(17-16-12)11-6-14-7-11/h9-11,14H,2-8H2,1H3,(H,15,20). The minimum Gasteiger partial charge on any atom is -0.350 e. The van der Waals surface area contributed by atoms with Gasteiger partial charge in [0.25, 0.3) is 5.91 Å². The summed E-state index contributed by atoms with van der Waals surface area (Å²) in [6.07, 6.45) is 2.91. The zero-order chi connectivity index (χ0) is 13.9. The number of rotatable bonds is 5. The van der Waals surface area contributed by atoms with Crippen molar-refractivity contribution < 1.29 is 4.79 Å². The van der Waals surface area contributed by atoms with Gasteiger partial charge < -0.3 is 15.5 Å². The van der Waals surface area contributed by atoms with E-state index in [0.717, 1.165) is 45.7 Å². The number of hydrogen-bond acceptors (Lipinski definition) is 5. The topological polar surface area (TPSA) is 75.1 Å². The molecule has 2 aliphatic rings. The molecule has 0 aliphatic carbocycles. The van der Waals surface area contributed by atoms with Gasteiger partial charge in [0.1, 0.15) is 0 Å². The number of amides is 1. The monoisotopic (exact) mass is 278 g/mol. The number of likely N-dealkylation sites (tertiary alicyclic amines) is 1. The Balaban J connectivity index is 1.48. The van der Waals surface area contributed by atoms with Crippen molar-refractivity contribution in [3.8, 4) is 0 Å². The second kappa shape index (κ2) is 5.88. The van der Waals surface area contributed by atoms with Crippen molar-refractivity contribution in [3.63, 3.8) is 0 Å². The Morgan fingerprint density at radius 3 is 3.05 bits per heavy atom.